The second-order valence-corrected chi connectivity index (χ2v) is 5.92. The number of carboxylic acids is 1. The highest BCUT2D eigenvalue weighted by molar-refractivity contribution is 7.80. The lowest BCUT2D eigenvalue weighted by Crippen LogP contribution is -2.52. The number of aliphatic carboxylic acids is 1. The predicted molar refractivity (Wildman–Crippen MR) is 99.2 cm³/mol. The maximum absolute atomic E-state index is 12.3. The van der Waals surface area contributed by atoms with Crippen LogP contribution in [0.15, 0.2) is 24.3 Å². The van der Waals surface area contributed by atoms with Gasteiger partial charge in [-0.25, -0.2) is 4.79 Å². The van der Waals surface area contributed by atoms with Gasteiger partial charge in [0.05, 0.1) is 13.1 Å². The fourth-order valence-electron chi connectivity index (χ4n) is 2.05. The molecule has 11 heteroatoms. The van der Waals surface area contributed by atoms with Crippen molar-refractivity contribution in [1.29, 1.82) is 0 Å². The van der Waals surface area contributed by atoms with Crippen LogP contribution in [0.4, 0.5) is 0 Å². The number of hydrogen-bond donors (Lipinski definition) is 7. The van der Waals surface area contributed by atoms with E-state index in [1.807, 2.05) is 0 Å². The van der Waals surface area contributed by atoms with Crippen molar-refractivity contribution >= 4 is 36.3 Å². The zero-order valence-electron chi connectivity index (χ0n) is 14.3. The summed E-state index contributed by atoms with van der Waals surface area (Å²) in [5.41, 5.74) is 5.91. The molecule has 0 fully saturated rings. The number of nitrogens with one attached hydrogen (secondary N) is 3. The van der Waals surface area contributed by atoms with Gasteiger partial charge < -0.3 is 31.9 Å². The number of thiol groups is 1. The van der Waals surface area contributed by atoms with E-state index in [0.29, 0.717) is 5.56 Å². The van der Waals surface area contributed by atoms with E-state index in [-0.39, 0.29) is 24.5 Å². The summed E-state index contributed by atoms with van der Waals surface area (Å²) in [5.74, 6) is -3.20. The number of carboxylic acid groups (broad SMARTS) is 1. The topological polar surface area (TPSA) is 171 Å². The summed E-state index contributed by atoms with van der Waals surface area (Å²) < 4.78 is 0. The molecule has 0 saturated heterocycles. The third-order valence-electron chi connectivity index (χ3n) is 3.45. The number of benzene rings is 1. The Bertz CT molecular complexity index is 682. The highest BCUT2D eigenvalue weighted by Crippen LogP contribution is 2.11. The van der Waals surface area contributed by atoms with Gasteiger partial charge in [0.1, 0.15) is 17.8 Å². The van der Waals surface area contributed by atoms with Crippen LogP contribution in [-0.4, -0.2) is 64.8 Å². The van der Waals surface area contributed by atoms with Gasteiger partial charge in [-0.05, 0) is 17.7 Å². The van der Waals surface area contributed by atoms with Crippen molar-refractivity contribution in [3.8, 4) is 5.75 Å². The lowest BCUT2D eigenvalue weighted by molar-refractivity contribution is -0.141. The molecule has 2 unspecified atom stereocenters. The van der Waals surface area contributed by atoms with Crippen molar-refractivity contribution in [3.05, 3.63) is 29.8 Å². The number of aromatic hydroxyl groups is 1. The minimum Gasteiger partial charge on any atom is -0.508 e. The summed E-state index contributed by atoms with van der Waals surface area (Å²) in [5, 5.41) is 25.2. The molecule has 0 aliphatic carbocycles. The average Bonchev–Trinajstić information content (AvgIpc) is 2.64. The van der Waals surface area contributed by atoms with Crippen molar-refractivity contribution in [2.45, 2.75) is 18.5 Å². The lowest BCUT2D eigenvalue weighted by atomic mass is 10.0. The molecule has 10 nitrogen and oxygen atoms in total. The molecule has 0 aliphatic heterocycles. The summed E-state index contributed by atoms with van der Waals surface area (Å²) in [6.45, 7) is -0.789. The minimum atomic E-state index is -1.25. The second kappa shape index (κ2) is 11.0. The summed E-state index contributed by atoms with van der Waals surface area (Å²) >= 11 is 3.82. The van der Waals surface area contributed by atoms with Gasteiger partial charge in [-0.15, -0.1) is 0 Å². The van der Waals surface area contributed by atoms with Crippen molar-refractivity contribution in [3.63, 3.8) is 0 Å². The first-order chi connectivity index (χ1) is 12.8. The highest BCUT2D eigenvalue weighted by atomic mass is 32.1. The van der Waals surface area contributed by atoms with Crippen LogP contribution in [0, 0.1) is 0 Å². The Kier molecular flexibility index (Phi) is 9.09. The zero-order valence-corrected chi connectivity index (χ0v) is 15.2. The van der Waals surface area contributed by atoms with Crippen LogP contribution < -0.4 is 21.7 Å². The molecular formula is C16H22N4O6S. The minimum absolute atomic E-state index is 0.0552. The Morgan fingerprint density at radius 2 is 1.63 bits per heavy atom. The Balaban J connectivity index is 2.69. The van der Waals surface area contributed by atoms with E-state index in [9.17, 15) is 24.3 Å². The molecule has 0 aliphatic rings. The molecule has 148 valence electrons. The van der Waals surface area contributed by atoms with Gasteiger partial charge in [0.25, 0.3) is 0 Å². The van der Waals surface area contributed by atoms with Crippen molar-refractivity contribution in [2.24, 2.45) is 5.73 Å². The van der Waals surface area contributed by atoms with Crippen LogP contribution in [0.5, 0.6) is 5.75 Å². The first kappa shape index (κ1) is 22.3. The van der Waals surface area contributed by atoms with Crippen LogP contribution in [0.2, 0.25) is 0 Å². The molecule has 0 heterocycles. The molecule has 0 radical (unpaired) electrons. The molecule has 27 heavy (non-hydrogen) atoms. The third kappa shape index (κ3) is 7.96. The summed E-state index contributed by atoms with van der Waals surface area (Å²) in [6.07, 6.45) is 0.105. The molecule has 1 aromatic rings. The van der Waals surface area contributed by atoms with Gasteiger partial charge in [-0.3, -0.25) is 14.4 Å². The molecule has 1 aromatic carbocycles. The normalized spacial score (nSPS) is 12.5. The van der Waals surface area contributed by atoms with Gasteiger partial charge in [0.2, 0.25) is 17.7 Å². The van der Waals surface area contributed by atoms with Crippen LogP contribution in [0.25, 0.3) is 0 Å². The Morgan fingerprint density at radius 1 is 1.04 bits per heavy atom. The van der Waals surface area contributed by atoms with Crippen molar-refractivity contribution in [1.82, 2.24) is 16.0 Å². The molecule has 0 spiro atoms. The van der Waals surface area contributed by atoms with E-state index in [2.05, 4.69) is 28.6 Å². The Morgan fingerprint density at radius 3 is 2.15 bits per heavy atom. The predicted octanol–water partition coefficient (Wildman–Crippen LogP) is -2.01. The number of nitrogens with two attached hydrogens (primary N) is 1. The van der Waals surface area contributed by atoms with Crippen molar-refractivity contribution in [2.75, 3.05) is 18.8 Å². The molecule has 0 bridgehead atoms. The molecular weight excluding hydrogens is 376 g/mol. The highest BCUT2D eigenvalue weighted by Gasteiger charge is 2.23. The number of carbonyl (C=O) groups excluding carboxylic acids is 3. The SMILES string of the molecule is NCC(=O)NC(Cc1ccc(O)cc1)C(=O)NCC(=O)NC(CS)C(=O)O. The summed E-state index contributed by atoms with van der Waals surface area (Å²) in [6, 6.07) is 3.86. The number of phenolic OH excluding ortho intramolecular Hbond substituents is 1. The quantitative estimate of drug-likeness (QED) is 0.223. The maximum Gasteiger partial charge on any atom is 0.327 e. The van der Waals surface area contributed by atoms with E-state index in [4.69, 9.17) is 10.8 Å². The Labute approximate surface area is 160 Å². The standard InChI is InChI=1S/C16H22N4O6S/c17-6-13(22)19-11(5-9-1-3-10(21)4-2-9)15(24)18-7-14(23)20-12(8-27)16(25)26/h1-4,11-12,21,27H,5-8,17H2,(H,18,24)(H,19,22)(H,20,23)(H,25,26). The maximum atomic E-state index is 12.3. The number of carbonyl (C=O) groups is 4. The summed E-state index contributed by atoms with van der Waals surface area (Å²) in [4.78, 5) is 46.5. The largest absolute Gasteiger partial charge is 0.508 e. The van der Waals surface area contributed by atoms with Crippen molar-refractivity contribution < 1.29 is 29.4 Å². The van der Waals surface area contributed by atoms with E-state index in [1.165, 1.54) is 12.1 Å². The number of hydrogen-bond acceptors (Lipinski definition) is 7. The van der Waals surface area contributed by atoms with Crippen LogP contribution in [0.1, 0.15) is 5.56 Å². The molecule has 0 saturated carbocycles. The van der Waals surface area contributed by atoms with Gasteiger partial charge in [-0.1, -0.05) is 12.1 Å². The van der Waals surface area contributed by atoms with Gasteiger partial charge in [-0.2, -0.15) is 12.6 Å². The average molecular weight is 398 g/mol. The van der Waals surface area contributed by atoms with E-state index in [0.717, 1.165) is 0 Å². The van der Waals surface area contributed by atoms with Crippen LogP contribution in [0.3, 0.4) is 0 Å². The summed E-state index contributed by atoms with van der Waals surface area (Å²) in [7, 11) is 0. The zero-order chi connectivity index (χ0) is 20.4. The van der Waals surface area contributed by atoms with E-state index < -0.39 is 42.3 Å². The van der Waals surface area contributed by atoms with Gasteiger partial charge >= 0.3 is 5.97 Å². The fraction of sp³-hybridized carbons (Fsp3) is 0.375. The monoisotopic (exact) mass is 398 g/mol. The van der Waals surface area contributed by atoms with Gasteiger partial charge in [0, 0.05) is 12.2 Å². The first-order valence-electron chi connectivity index (χ1n) is 7.94. The van der Waals surface area contributed by atoms with Crippen LogP contribution >= 0.6 is 12.6 Å². The van der Waals surface area contributed by atoms with E-state index in [1.54, 1.807) is 12.1 Å². The Hall–Kier alpha value is -2.79. The first-order valence-corrected chi connectivity index (χ1v) is 8.58. The molecule has 0 aromatic heterocycles. The molecule has 7 N–H and O–H groups in total. The number of amides is 3. The lowest BCUT2D eigenvalue weighted by Gasteiger charge is -2.19. The van der Waals surface area contributed by atoms with Crippen LogP contribution in [-0.2, 0) is 25.6 Å². The second-order valence-electron chi connectivity index (χ2n) is 5.55. The number of phenols is 1. The van der Waals surface area contributed by atoms with Gasteiger partial charge in [0.15, 0.2) is 0 Å². The third-order valence-corrected chi connectivity index (χ3v) is 3.82. The molecule has 2 atom stereocenters. The smallest absolute Gasteiger partial charge is 0.327 e. The molecule has 3 amide bonds. The number of rotatable bonds is 10. The fourth-order valence-corrected chi connectivity index (χ4v) is 2.30. The molecule has 1 rings (SSSR count). The van der Waals surface area contributed by atoms with E-state index >= 15 is 0 Å².